The Labute approximate surface area is 364 Å². The molecule has 14 nitrogen and oxygen atoms in total. The van der Waals surface area contributed by atoms with Gasteiger partial charge in [-0.15, -0.1) is 21.5 Å². The summed E-state index contributed by atoms with van der Waals surface area (Å²) in [5.74, 6) is 1.03. The van der Waals surface area contributed by atoms with Gasteiger partial charge >= 0.3 is 0 Å². The molecule has 2 aromatic carbocycles. The number of amides is 2. The number of nitrogens with one attached hydrogen (secondary N) is 2. The Morgan fingerprint density at radius 1 is 1.00 bits per heavy atom. The molecule has 2 saturated heterocycles. The van der Waals surface area contributed by atoms with Gasteiger partial charge in [0.2, 0.25) is 11.8 Å². The zero-order chi connectivity index (χ0) is 43.2. The molecule has 2 amide bonds. The van der Waals surface area contributed by atoms with Crippen LogP contribution in [0.15, 0.2) is 70.7 Å². The van der Waals surface area contributed by atoms with E-state index in [0.29, 0.717) is 47.3 Å². The van der Waals surface area contributed by atoms with Gasteiger partial charge in [-0.1, -0.05) is 50.2 Å². The number of fused-ring (bicyclic) bond motifs is 2. The summed E-state index contributed by atoms with van der Waals surface area (Å²) in [6.07, 6.45) is 1.54. The number of aromatic hydroxyl groups is 1. The number of para-hydroxylation sites is 1. The van der Waals surface area contributed by atoms with Crippen LogP contribution in [0.25, 0.3) is 32.7 Å². The molecule has 6 heterocycles. The first-order valence-electron chi connectivity index (χ1n) is 21.7. The quantitative estimate of drug-likeness (QED) is 0.0927. The van der Waals surface area contributed by atoms with Gasteiger partial charge in [-0.3, -0.25) is 14.5 Å². The molecule has 1 aliphatic carbocycles. The molecule has 4 N–H and O–H groups in total. The molecule has 0 spiro atoms. The van der Waals surface area contributed by atoms with Crippen molar-refractivity contribution in [2.75, 3.05) is 32.8 Å². The first-order chi connectivity index (χ1) is 29.9. The highest BCUT2D eigenvalue weighted by Crippen LogP contribution is 2.47. The number of hydrogen-bond donors (Lipinski definition) is 4. The number of H-pyrrole nitrogens is 1. The number of nitrogens with zero attached hydrogens (tertiary/aromatic N) is 6. The minimum absolute atomic E-state index is 0.0608. The summed E-state index contributed by atoms with van der Waals surface area (Å²) in [6, 6.07) is 17.8. The Bertz CT molecular complexity index is 2550. The predicted molar refractivity (Wildman–Crippen MR) is 236 cm³/mol. The van der Waals surface area contributed by atoms with E-state index in [2.05, 4.69) is 42.5 Å². The molecule has 2 aliphatic heterocycles. The van der Waals surface area contributed by atoms with E-state index in [1.165, 1.54) is 16.2 Å². The van der Waals surface area contributed by atoms with Crippen molar-refractivity contribution in [3.8, 4) is 33.3 Å². The summed E-state index contributed by atoms with van der Waals surface area (Å²) >= 11 is 1.59. The van der Waals surface area contributed by atoms with Crippen molar-refractivity contribution in [3.05, 3.63) is 94.4 Å². The lowest BCUT2D eigenvalue weighted by Crippen LogP contribution is -2.48. The van der Waals surface area contributed by atoms with Crippen LogP contribution < -0.4 is 10.1 Å². The molecule has 3 fully saturated rings. The molecule has 2 unspecified atom stereocenters. The van der Waals surface area contributed by atoms with Crippen LogP contribution in [0.2, 0.25) is 0 Å². The normalized spacial score (nSPS) is 22.4. The largest absolute Gasteiger partial charge is 0.507 e. The van der Waals surface area contributed by atoms with E-state index in [9.17, 15) is 19.8 Å². The number of phenols is 1. The van der Waals surface area contributed by atoms with Crippen LogP contribution >= 0.6 is 11.3 Å². The lowest BCUT2D eigenvalue weighted by Gasteiger charge is -2.29. The SMILES string of the molecule is Cc1ncsc1-c1ccc([C@H](C)NC(=O)C2C[C@@H](O)CN2C(=O)[C@@H](c2cc(OCCN3C[C@H]4CC(c5[nH]c6nnc(-c7ccccc7O)cc6c5C)C[C@H]4C3)no2)C(C)C)cc1. The van der Waals surface area contributed by atoms with Gasteiger partial charge in [0.15, 0.2) is 11.4 Å². The van der Waals surface area contributed by atoms with Crippen molar-refractivity contribution in [1.82, 2.24) is 40.4 Å². The number of thiazole rings is 1. The first-order valence-corrected chi connectivity index (χ1v) is 22.5. The van der Waals surface area contributed by atoms with E-state index in [0.717, 1.165) is 65.2 Å². The number of carbonyl (C=O) groups excluding carboxylic acids is 2. The fraction of sp³-hybridized carbons (Fsp3) is 0.447. The summed E-state index contributed by atoms with van der Waals surface area (Å²) < 4.78 is 11.8. The predicted octanol–water partition coefficient (Wildman–Crippen LogP) is 7.14. The van der Waals surface area contributed by atoms with Crippen LogP contribution in [0, 0.1) is 31.6 Å². The van der Waals surface area contributed by atoms with Gasteiger partial charge in [0.25, 0.3) is 5.88 Å². The second-order valence-corrected chi connectivity index (χ2v) is 18.6. The minimum atomic E-state index is -0.820. The molecular formula is C47H54N8O6S. The molecule has 62 heavy (non-hydrogen) atoms. The fourth-order valence-electron chi connectivity index (χ4n) is 10.1. The number of carbonyl (C=O) groups is 2. The summed E-state index contributed by atoms with van der Waals surface area (Å²) in [4.78, 5) is 40.9. The Hall–Kier alpha value is -5.64. The van der Waals surface area contributed by atoms with Crippen LogP contribution in [-0.2, 0) is 9.59 Å². The molecule has 0 radical (unpaired) electrons. The number of likely N-dealkylation sites (tertiary alicyclic amines) is 2. The highest BCUT2D eigenvalue weighted by Gasteiger charge is 2.44. The van der Waals surface area contributed by atoms with Crippen molar-refractivity contribution in [3.63, 3.8) is 0 Å². The highest BCUT2D eigenvalue weighted by molar-refractivity contribution is 7.13. The number of rotatable bonds is 13. The van der Waals surface area contributed by atoms with Crippen LogP contribution in [-0.4, -0.2) is 102 Å². The number of β-amino-alcohol motifs (C(OH)–C–C–N with tert-alkyl or cyclic N) is 1. The van der Waals surface area contributed by atoms with E-state index in [1.54, 1.807) is 29.5 Å². The van der Waals surface area contributed by atoms with Crippen LogP contribution in [0.1, 0.15) is 86.2 Å². The number of aromatic amines is 1. The molecule has 15 heteroatoms. The molecule has 6 aromatic rings. The van der Waals surface area contributed by atoms with Crippen molar-refractivity contribution in [1.29, 1.82) is 0 Å². The summed E-state index contributed by atoms with van der Waals surface area (Å²) in [5.41, 5.74) is 9.37. The zero-order valence-corrected chi connectivity index (χ0v) is 36.6. The molecule has 324 valence electrons. The average Bonchev–Trinajstić information content (AvgIpc) is 4.12. The van der Waals surface area contributed by atoms with E-state index >= 15 is 0 Å². The van der Waals surface area contributed by atoms with E-state index in [4.69, 9.17) is 9.26 Å². The number of aromatic nitrogens is 5. The number of aliphatic hydroxyl groups excluding tert-OH is 1. The first kappa shape index (κ1) is 41.7. The van der Waals surface area contributed by atoms with Crippen LogP contribution in [0.5, 0.6) is 11.6 Å². The van der Waals surface area contributed by atoms with Crippen LogP contribution in [0.4, 0.5) is 0 Å². The second kappa shape index (κ2) is 17.3. The van der Waals surface area contributed by atoms with Gasteiger partial charge in [-0.2, -0.15) is 0 Å². The fourth-order valence-corrected chi connectivity index (χ4v) is 10.9. The average molecular weight is 859 g/mol. The number of aliphatic hydroxyl groups is 1. The summed E-state index contributed by atoms with van der Waals surface area (Å²) in [7, 11) is 0. The molecule has 0 bridgehead atoms. The van der Waals surface area contributed by atoms with E-state index < -0.39 is 18.1 Å². The number of ether oxygens (including phenoxy) is 1. The van der Waals surface area contributed by atoms with E-state index in [1.807, 2.05) is 75.7 Å². The topological polar surface area (TPSA) is 183 Å². The lowest BCUT2D eigenvalue weighted by atomic mass is 9.91. The van der Waals surface area contributed by atoms with Crippen molar-refractivity contribution < 1.29 is 29.1 Å². The Kier molecular flexibility index (Phi) is 11.6. The maximum Gasteiger partial charge on any atom is 0.254 e. The third-order valence-corrected chi connectivity index (χ3v) is 14.3. The second-order valence-electron chi connectivity index (χ2n) is 17.8. The van der Waals surface area contributed by atoms with Gasteiger partial charge in [0, 0.05) is 55.3 Å². The zero-order valence-electron chi connectivity index (χ0n) is 35.7. The standard InChI is InChI=1S/C47H54N8O6S/c1-25(2)42(47(59)55-23-34(56)18-38(55)46(58)49-27(4)29-10-12-30(13-11-29)44-28(5)48-24-62-44)40-20-41(53-61-40)60-15-14-54-21-32-16-31(17-33(32)22-54)43-26(3)36-19-37(51-52-45(36)50-43)35-8-6-7-9-39(35)57/h6-13,19-20,24-25,27,31-34,38,42,56-57H,14-18,21-23H2,1-5H3,(H,49,58)(H,50,52)/t27-,31?,32-,33+,34+,38?,42+/m0/s1. The number of benzene rings is 2. The number of hydrogen-bond acceptors (Lipinski definition) is 12. The monoisotopic (exact) mass is 858 g/mol. The molecule has 1 saturated carbocycles. The van der Waals surface area contributed by atoms with Crippen LogP contribution in [0.3, 0.4) is 0 Å². The Balaban J connectivity index is 0.772. The van der Waals surface area contributed by atoms with Gasteiger partial charge in [-0.05, 0) is 97.3 Å². The van der Waals surface area contributed by atoms with Gasteiger partial charge < -0.3 is 34.7 Å². The Morgan fingerprint density at radius 3 is 2.47 bits per heavy atom. The van der Waals surface area contributed by atoms with Gasteiger partial charge in [-0.25, -0.2) is 4.98 Å². The molecular weight excluding hydrogens is 805 g/mol. The van der Waals surface area contributed by atoms with Gasteiger partial charge in [0.1, 0.15) is 24.3 Å². The lowest BCUT2D eigenvalue weighted by molar-refractivity contribution is -0.141. The third kappa shape index (κ3) is 8.20. The summed E-state index contributed by atoms with van der Waals surface area (Å²) in [6.45, 7) is 13.2. The Morgan fingerprint density at radius 2 is 1.76 bits per heavy atom. The third-order valence-electron chi connectivity index (χ3n) is 13.3. The highest BCUT2D eigenvalue weighted by atomic mass is 32.1. The number of aryl methyl sites for hydroxylation is 2. The minimum Gasteiger partial charge on any atom is -0.507 e. The van der Waals surface area contributed by atoms with Crippen molar-refractivity contribution in [2.24, 2.45) is 17.8 Å². The maximum absolute atomic E-state index is 14.2. The molecule has 4 aromatic heterocycles. The molecule has 9 rings (SSSR count). The number of phenolic OH excluding ortho intramolecular Hbond substituents is 1. The van der Waals surface area contributed by atoms with E-state index in [-0.39, 0.29) is 42.5 Å². The molecule has 7 atom stereocenters. The van der Waals surface area contributed by atoms with Gasteiger partial charge in [0.05, 0.1) is 33.9 Å². The molecule has 3 aliphatic rings. The van der Waals surface area contributed by atoms with Crippen molar-refractivity contribution >= 4 is 34.2 Å². The summed E-state index contributed by atoms with van der Waals surface area (Å²) in [5, 5.41) is 38.2. The maximum atomic E-state index is 14.2. The van der Waals surface area contributed by atoms with Crippen molar-refractivity contribution in [2.45, 2.75) is 83.9 Å². The smallest absolute Gasteiger partial charge is 0.254 e.